The summed E-state index contributed by atoms with van der Waals surface area (Å²) in [4.78, 5) is 9.68. The second-order valence-corrected chi connectivity index (χ2v) is 5.64. The Morgan fingerprint density at radius 1 is 1.00 bits per heavy atom. The highest BCUT2D eigenvalue weighted by Gasteiger charge is 2.11. The Balaban J connectivity index is 2.23. The van der Waals surface area contributed by atoms with Crippen LogP contribution in [0.2, 0.25) is 0 Å². The minimum atomic E-state index is 0.829. The average Bonchev–Trinajstić information content (AvgIpc) is 2.61. The number of fused-ring (bicyclic) bond motifs is 1. The molecule has 3 heteroatoms. The SMILES string of the molecule is C=C/C=C\c1c(C)ccc2nc(C)c(-c3ccc(OC)cc3)nc12. The van der Waals surface area contributed by atoms with Gasteiger partial charge in [0.25, 0.3) is 0 Å². The molecule has 0 spiro atoms. The van der Waals surface area contributed by atoms with Gasteiger partial charge >= 0.3 is 0 Å². The maximum absolute atomic E-state index is 5.23. The fraction of sp³-hybridized carbons (Fsp3) is 0.143. The van der Waals surface area contributed by atoms with Crippen LogP contribution in [-0.2, 0) is 0 Å². The van der Waals surface area contributed by atoms with E-state index < -0.39 is 0 Å². The molecule has 1 aromatic heterocycles. The van der Waals surface area contributed by atoms with E-state index in [0.717, 1.165) is 39.3 Å². The fourth-order valence-electron chi connectivity index (χ4n) is 2.73. The zero-order chi connectivity index (χ0) is 17.1. The monoisotopic (exact) mass is 316 g/mol. The summed E-state index contributed by atoms with van der Waals surface area (Å²) in [6, 6.07) is 12.0. The number of aryl methyl sites for hydroxylation is 2. The second-order valence-electron chi connectivity index (χ2n) is 5.64. The van der Waals surface area contributed by atoms with Gasteiger partial charge in [-0.2, -0.15) is 0 Å². The topological polar surface area (TPSA) is 35.0 Å². The van der Waals surface area contributed by atoms with Crippen molar-refractivity contribution in [2.45, 2.75) is 13.8 Å². The number of ether oxygens (including phenoxy) is 1. The van der Waals surface area contributed by atoms with Crippen molar-refractivity contribution in [3.05, 3.63) is 72.0 Å². The van der Waals surface area contributed by atoms with Gasteiger partial charge in [-0.05, 0) is 49.7 Å². The first-order valence-corrected chi connectivity index (χ1v) is 7.85. The van der Waals surface area contributed by atoms with Crippen molar-refractivity contribution in [1.82, 2.24) is 9.97 Å². The molecule has 2 aromatic carbocycles. The van der Waals surface area contributed by atoms with Crippen LogP contribution in [0.1, 0.15) is 16.8 Å². The van der Waals surface area contributed by atoms with E-state index in [4.69, 9.17) is 14.7 Å². The van der Waals surface area contributed by atoms with Crippen LogP contribution in [0, 0.1) is 13.8 Å². The predicted molar refractivity (Wildman–Crippen MR) is 100 cm³/mol. The van der Waals surface area contributed by atoms with Gasteiger partial charge < -0.3 is 4.74 Å². The van der Waals surface area contributed by atoms with Crippen LogP contribution in [0.4, 0.5) is 0 Å². The molecule has 120 valence electrons. The van der Waals surface area contributed by atoms with E-state index in [1.54, 1.807) is 13.2 Å². The van der Waals surface area contributed by atoms with E-state index in [-0.39, 0.29) is 0 Å². The van der Waals surface area contributed by atoms with Gasteiger partial charge in [0.05, 0.1) is 29.5 Å². The Morgan fingerprint density at radius 2 is 1.75 bits per heavy atom. The zero-order valence-electron chi connectivity index (χ0n) is 14.2. The number of hydrogen-bond acceptors (Lipinski definition) is 3. The van der Waals surface area contributed by atoms with Gasteiger partial charge in [-0.1, -0.05) is 30.9 Å². The second kappa shape index (κ2) is 6.67. The lowest BCUT2D eigenvalue weighted by atomic mass is 10.0. The Morgan fingerprint density at radius 3 is 2.42 bits per heavy atom. The summed E-state index contributed by atoms with van der Waals surface area (Å²) in [6.45, 7) is 7.82. The van der Waals surface area contributed by atoms with Crippen LogP contribution in [0.15, 0.2) is 55.1 Å². The van der Waals surface area contributed by atoms with Gasteiger partial charge in [-0.25, -0.2) is 9.97 Å². The molecule has 1 heterocycles. The van der Waals surface area contributed by atoms with Crippen molar-refractivity contribution < 1.29 is 4.74 Å². The number of aromatic nitrogens is 2. The molecular formula is C21H20N2O. The molecule has 0 aliphatic heterocycles. The van der Waals surface area contributed by atoms with Crippen molar-refractivity contribution >= 4 is 17.1 Å². The van der Waals surface area contributed by atoms with Gasteiger partial charge in [0.2, 0.25) is 0 Å². The van der Waals surface area contributed by atoms with Gasteiger partial charge in [-0.3, -0.25) is 0 Å². The predicted octanol–water partition coefficient (Wildman–Crippen LogP) is 5.12. The van der Waals surface area contributed by atoms with Crippen LogP contribution < -0.4 is 4.74 Å². The quantitative estimate of drug-likeness (QED) is 0.626. The number of rotatable bonds is 4. The molecule has 0 bridgehead atoms. The molecule has 0 unspecified atom stereocenters. The van der Waals surface area contributed by atoms with E-state index in [0.29, 0.717) is 0 Å². The van der Waals surface area contributed by atoms with Crippen molar-refractivity contribution in [3.8, 4) is 17.0 Å². The molecular weight excluding hydrogens is 296 g/mol. The minimum absolute atomic E-state index is 0.829. The maximum atomic E-state index is 5.23. The van der Waals surface area contributed by atoms with Gasteiger partial charge in [0, 0.05) is 11.1 Å². The lowest BCUT2D eigenvalue weighted by Gasteiger charge is -2.11. The van der Waals surface area contributed by atoms with Crippen molar-refractivity contribution in [2.24, 2.45) is 0 Å². The van der Waals surface area contributed by atoms with Crippen molar-refractivity contribution in [3.63, 3.8) is 0 Å². The molecule has 0 fully saturated rings. The highest BCUT2D eigenvalue weighted by molar-refractivity contribution is 5.88. The lowest BCUT2D eigenvalue weighted by molar-refractivity contribution is 0.415. The van der Waals surface area contributed by atoms with Crippen LogP contribution in [-0.4, -0.2) is 17.1 Å². The molecule has 0 aliphatic carbocycles. The van der Waals surface area contributed by atoms with Gasteiger partial charge in [-0.15, -0.1) is 0 Å². The third-order valence-corrected chi connectivity index (χ3v) is 4.03. The molecule has 0 atom stereocenters. The molecule has 3 nitrogen and oxygen atoms in total. The molecule has 0 aliphatic rings. The number of methoxy groups -OCH3 is 1. The number of nitrogens with zero attached hydrogens (tertiary/aromatic N) is 2. The minimum Gasteiger partial charge on any atom is -0.497 e. The summed E-state index contributed by atoms with van der Waals surface area (Å²) >= 11 is 0. The largest absolute Gasteiger partial charge is 0.497 e. The van der Waals surface area contributed by atoms with E-state index >= 15 is 0 Å². The van der Waals surface area contributed by atoms with Crippen molar-refractivity contribution in [2.75, 3.05) is 7.11 Å². The Labute approximate surface area is 142 Å². The molecule has 0 radical (unpaired) electrons. The zero-order valence-corrected chi connectivity index (χ0v) is 14.2. The molecule has 0 amide bonds. The summed E-state index contributed by atoms with van der Waals surface area (Å²) in [5.74, 6) is 0.829. The van der Waals surface area contributed by atoms with Crippen molar-refractivity contribution in [1.29, 1.82) is 0 Å². The lowest BCUT2D eigenvalue weighted by Crippen LogP contribution is -1.97. The summed E-state index contributed by atoms with van der Waals surface area (Å²) < 4.78 is 5.23. The number of benzene rings is 2. The molecule has 0 N–H and O–H groups in total. The Hall–Kier alpha value is -2.94. The van der Waals surface area contributed by atoms with E-state index in [2.05, 4.69) is 19.6 Å². The number of allylic oxidation sites excluding steroid dienone is 2. The third kappa shape index (κ3) is 2.93. The standard InChI is InChI=1S/C21H20N2O/c1-5-6-7-18-14(2)8-13-19-21(18)23-20(15(3)22-19)16-9-11-17(24-4)12-10-16/h5-13H,1H2,2-4H3/b7-6-. The van der Waals surface area contributed by atoms with E-state index in [1.807, 2.05) is 49.4 Å². The molecule has 3 rings (SSSR count). The van der Waals surface area contributed by atoms with Crippen LogP contribution in [0.25, 0.3) is 28.4 Å². The molecule has 0 saturated heterocycles. The molecule has 24 heavy (non-hydrogen) atoms. The first-order valence-electron chi connectivity index (χ1n) is 7.85. The summed E-state index contributed by atoms with van der Waals surface area (Å²) in [6.07, 6.45) is 5.73. The van der Waals surface area contributed by atoms with Gasteiger partial charge in [0.15, 0.2) is 0 Å². The van der Waals surface area contributed by atoms with Gasteiger partial charge in [0.1, 0.15) is 5.75 Å². The van der Waals surface area contributed by atoms with Crippen LogP contribution in [0.5, 0.6) is 5.75 Å². The maximum Gasteiger partial charge on any atom is 0.118 e. The number of hydrogen-bond donors (Lipinski definition) is 0. The van der Waals surface area contributed by atoms with Crippen LogP contribution in [0.3, 0.4) is 0 Å². The Kier molecular flexibility index (Phi) is 4.43. The highest BCUT2D eigenvalue weighted by Crippen LogP contribution is 2.28. The fourth-order valence-corrected chi connectivity index (χ4v) is 2.73. The summed E-state index contributed by atoms with van der Waals surface area (Å²) in [7, 11) is 1.66. The molecule has 3 aromatic rings. The smallest absolute Gasteiger partial charge is 0.118 e. The van der Waals surface area contributed by atoms with Crippen LogP contribution >= 0.6 is 0 Å². The summed E-state index contributed by atoms with van der Waals surface area (Å²) in [5.41, 5.74) is 6.89. The summed E-state index contributed by atoms with van der Waals surface area (Å²) in [5, 5.41) is 0. The average molecular weight is 316 g/mol. The highest BCUT2D eigenvalue weighted by atomic mass is 16.5. The first-order chi connectivity index (χ1) is 11.6. The Bertz CT molecular complexity index is 925. The van der Waals surface area contributed by atoms with E-state index in [9.17, 15) is 0 Å². The normalized spacial score (nSPS) is 11.1. The third-order valence-electron chi connectivity index (χ3n) is 4.03. The first kappa shape index (κ1) is 15.9. The van der Waals surface area contributed by atoms with E-state index in [1.165, 1.54) is 5.56 Å². The molecule has 0 saturated carbocycles.